The van der Waals surface area contributed by atoms with Gasteiger partial charge in [-0.2, -0.15) is 0 Å². The highest BCUT2D eigenvalue weighted by atomic mass is 35.5. The molecule has 5 nitrogen and oxygen atoms in total. The van der Waals surface area contributed by atoms with Gasteiger partial charge in [-0.3, -0.25) is 0 Å². The molecule has 0 bridgehead atoms. The number of carbonyl (C=O) groups is 2. The summed E-state index contributed by atoms with van der Waals surface area (Å²) in [6.45, 7) is 3.84. The van der Waals surface area contributed by atoms with Gasteiger partial charge in [0.15, 0.2) is 0 Å². The van der Waals surface area contributed by atoms with Gasteiger partial charge in [-0.15, -0.1) is 0 Å². The quantitative estimate of drug-likeness (QED) is 0.571. The summed E-state index contributed by atoms with van der Waals surface area (Å²) in [5.41, 5.74) is 2.42. The van der Waals surface area contributed by atoms with Crippen LogP contribution in [0, 0.1) is 13.8 Å². The van der Waals surface area contributed by atoms with Gasteiger partial charge in [0.25, 0.3) is 0 Å². The first kappa shape index (κ1) is 19.4. The number of aryl methyl sites for hydroxylation is 2. The first-order chi connectivity index (χ1) is 12.9. The molecular formula is C21H21ClO5. The van der Waals surface area contributed by atoms with E-state index in [0.29, 0.717) is 17.5 Å². The molecule has 1 saturated heterocycles. The van der Waals surface area contributed by atoms with Crippen molar-refractivity contribution in [2.75, 3.05) is 6.61 Å². The smallest absolute Gasteiger partial charge is 0.338 e. The predicted molar refractivity (Wildman–Crippen MR) is 101 cm³/mol. The van der Waals surface area contributed by atoms with Gasteiger partial charge in [-0.25, -0.2) is 9.59 Å². The number of rotatable bonds is 5. The van der Waals surface area contributed by atoms with Gasteiger partial charge in [-0.05, 0) is 38.1 Å². The number of benzene rings is 2. The Labute approximate surface area is 163 Å². The zero-order valence-corrected chi connectivity index (χ0v) is 15.9. The number of carbonyl (C=O) groups excluding carboxylic acids is 2. The molecule has 3 atom stereocenters. The van der Waals surface area contributed by atoms with Crippen molar-refractivity contribution in [3.8, 4) is 0 Å². The van der Waals surface area contributed by atoms with Crippen molar-refractivity contribution in [2.24, 2.45) is 0 Å². The molecule has 142 valence electrons. The van der Waals surface area contributed by atoms with E-state index in [1.54, 1.807) is 24.3 Å². The molecule has 0 amide bonds. The van der Waals surface area contributed by atoms with Crippen LogP contribution in [0.15, 0.2) is 48.5 Å². The average molecular weight is 389 g/mol. The maximum Gasteiger partial charge on any atom is 0.338 e. The molecule has 1 unspecified atom stereocenters. The van der Waals surface area contributed by atoms with Gasteiger partial charge in [0.1, 0.15) is 24.4 Å². The fourth-order valence-corrected chi connectivity index (χ4v) is 3.07. The maximum absolute atomic E-state index is 12.3. The van der Waals surface area contributed by atoms with Gasteiger partial charge in [0.2, 0.25) is 0 Å². The molecule has 6 heteroatoms. The lowest BCUT2D eigenvalue weighted by molar-refractivity contribution is -0.0322. The summed E-state index contributed by atoms with van der Waals surface area (Å²) < 4.78 is 16.4. The van der Waals surface area contributed by atoms with Crippen molar-refractivity contribution in [2.45, 2.75) is 38.0 Å². The third kappa shape index (κ3) is 5.08. The molecule has 0 radical (unpaired) electrons. The number of ether oxygens (including phenoxy) is 3. The van der Waals surface area contributed by atoms with Crippen LogP contribution in [0.3, 0.4) is 0 Å². The number of hydrogen-bond acceptors (Lipinski definition) is 5. The van der Waals surface area contributed by atoms with Gasteiger partial charge in [0.05, 0.1) is 11.1 Å². The Morgan fingerprint density at radius 3 is 2.04 bits per heavy atom. The van der Waals surface area contributed by atoms with Crippen molar-refractivity contribution in [1.29, 1.82) is 0 Å². The molecule has 27 heavy (non-hydrogen) atoms. The molecule has 1 heterocycles. The molecule has 0 spiro atoms. The van der Waals surface area contributed by atoms with E-state index in [9.17, 15) is 9.59 Å². The highest BCUT2D eigenvalue weighted by molar-refractivity contribution is 6.19. The van der Waals surface area contributed by atoms with E-state index in [0.717, 1.165) is 11.1 Å². The highest BCUT2D eigenvalue weighted by Gasteiger charge is 2.38. The standard InChI is InChI=1S/C21H21ClO5/c1-13-3-7-15(8-4-13)20(23)25-12-18-17(11-19(22)26-18)27-21(24)16-9-5-14(2)6-10-16/h3-10,17-19H,11-12H2,1-2H3/t17-,18+,19?/m1/s1. The van der Waals surface area contributed by atoms with Crippen LogP contribution in [0.25, 0.3) is 0 Å². The number of halogens is 1. The summed E-state index contributed by atoms with van der Waals surface area (Å²) in [7, 11) is 0. The maximum atomic E-state index is 12.3. The molecular weight excluding hydrogens is 368 g/mol. The van der Waals surface area contributed by atoms with Gasteiger partial charge in [0, 0.05) is 6.42 Å². The molecule has 0 N–H and O–H groups in total. The van der Waals surface area contributed by atoms with Crippen LogP contribution in [0.2, 0.25) is 0 Å². The van der Waals surface area contributed by atoms with E-state index in [1.165, 1.54) is 0 Å². The van der Waals surface area contributed by atoms with Crippen molar-refractivity contribution in [3.63, 3.8) is 0 Å². The van der Waals surface area contributed by atoms with Crippen molar-refractivity contribution < 1.29 is 23.8 Å². The third-order valence-corrected chi connectivity index (χ3v) is 4.65. The minimum Gasteiger partial charge on any atom is -0.459 e. The molecule has 1 fully saturated rings. The molecule has 0 saturated carbocycles. The Kier molecular flexibility index (Phi) is 6.14. The monoisotopic (exact) mass is 388 g/mol. The lowest BCUT2D eigenvalue weighted by atomic mass is 10.1. The summed E-state index contributed by atoms with van der Waals surface area (Å²) in [5.74, 6) is -0.913. The third-order valence-electron chi connectivity index (χ3n) is 4.37. The van der Waals surface area contributed by atoms with Gasteiger partial charge in [-0.1, -0.05) is 47.0 Å². The molecule has 0 aromatic heterocycles. The van der Waals surface area contributed by atoms with E-state index < -0.39 is 29.7 Å². The predicted octanol–water partition coefficient (Wildman–Crippen LogP) is 4.04. The lowest BCUT2D eigenvalue weighted by Crippen LogP contribution is -2.32. The van der Waals surface area contributed by atoms with E-state index in [1.807, 2.05) is 38.1 Å². The zero-order chi connectivity index (χ0) is 19.4. The Balaban J connectivity index is 1.58. The second-order valence-electron chi connectivity index (χ2n) is 6.59. The SMILES string of the molecule is Cc1ccc(C(=O)OC[C@@H]2OC(Cl)C[C@H]2OC(=O)c2ccc(C)cc2)cc1. The van der Waals surface area contributed by atoms with Gasteiger partial charge >= 0.3 is 11.9 Å². The first-order valence-electron chi connectivity index (χ1n) is 8.73. The fourth-order valence-electron chi connectivity index (χ4n) is 2.76. The molecule has 0 aliphatic carbocycles. The summed E-state index contributed by atoms with van der Waals surface area (Å²) in [5, 5.41) is 0. The largest absolute Gasteiger partial charge is 0.459 e. The van der Waals surface area contributed by atoms with Crippen LogP contribution < -0.4 is 0 Å². The summed E-state index contributed by atoms with van der Waals surface area (Å²) in [6, 6.07) is 14.2. The van der Waals surface area contributed by atoms with Crippen LogP contribution in [0.4, 0.5) is 0 Å². The summed E-state index contributed by atoms with van der Waals surface area (Å²) >= 11 is 6.05. The van der Waals surface area contributed by atoms with Gasteiger partial charge < -0.3 is 14.2 Å². The number of hydrogen-bond donors (Lipinski definition) is 0. The Bertz CT molecular complexity index is 800. The van der Waals surface area contributed by atoms with Crippen LogP contribution in [0.5, 0.6) is 0 Å². The molecule has 3 rings (SSSR count). The Morgan fingerprint density at radius 1 is 0.963 bits per heavy atom. The van der Waals surface area contributed by atoms with Crippen LogP contribution >= 0.6 is 11.6 Å². The minimum absolute atomic E-state index is 0.0399. The number of esters is 2. The van der Waals surface area contributed by atoms with Crippen LogP contribution in [0.1, 0.15) is 38.3 Å². The van der Waals surface area contributed by atoms with E-state index in [2.05, 4.69) is 0 Å². The van der Waals surface area contributed by atoms with Crippen LogP contribution in [-0.4, -0.2) is 36.3 Å². The first-order valence-corrected chi connectivity index (χ1v) is 9.17. The topological polar surface area (TPSA) is 61.8 Å². The van der Waals surface area contributed by atoms with Crippen LogP contribution in [-0.2, 0) is 14.2 Å². The molecule has 1 aliphatic heterocycles. The highest BCUT2D eigenvalue weighted by Crippen LogP contribution is 2.27. The molecule has 2 aromatic carbocycles. The fraction of sp³-hybridized carbons (Fsp3) is 0.333. The van der Waals surface area contributed by atoms with E-state index in [-0.39, 0.29) is 6.61 Å². The van der Waals surface area contributed by atoms with Crippen molar-refractivity contribution in [1.82, 2.24) is 0 Å². The molecule has 1 aliphatic rings. The molecule has 2 aromatic rings. The normalized spacial score (nSPS) is 21.7. The van der Waals surface area contributed by atoms with Crippen molar-refractivity contribution >= 4 is 23.5 Å². The average Bonchev–Trinajstić information content (AvgIpc) is 3.00. The number of alkyl halides is 1. The van der Waals surface area contributed by atoms with E-state index in [4.69, 9.17) is 25.8 Å². The minimum atomic E-state index is -0.601. The Morgan fingerprint density at radius 2 is 1.48 bits per heavy atom. The summed E-state index contributed by atoms with van der Waals surface area (Å²) in [4.78, 5) is 24.5. The van der Waals surface area contributed by atoms with E-state index >= 15 is 0 Å². The second kappa shape index (κ2) is 8.55. The lowest BCUT2D eigenvalue weighted by Gasteiger charge is -2.19. The second-order valence-corrected chi connectivity index (χ2v) is 7.08. The Hall–Kier alpha value is -2.37. The zero-order valence-electron chi connectivity index (χ0n) is 15.2. The summed E-state index contributed by atoms with van der Waals surface area (Å²) in [6.07, 6.45) is -0.838. The van der Waals surface area contributed by atoms with Crippen molar-refractivity contribution in [3.05, 3.63) is 70.8 Å².